The molecule has 2 N–H and O–H groups in total. The Morgan fingerprint density at radius 2 is 1.92 bits per heavy atom. The topological polar surface area (TPSA) is 69.1 Å². The molecule has 0 bridgehead atoms. The maximum atomic E-state index is 13.7. The molecule has 0 aliphatic heterocycles. The normalized spacial score (nSPS) is 11.1. The first-order valence-corrected chi connectivity index (χ1v) is 7.45. The van der Waals surface area contributed by atoms with Crippen LogP contribution in [0, 0.1) is 12.7 Å². The molecule has 0 radical (unpaired) electrons. The van der Waals surface area contributed by atoms with Crippen molar-refractivity contribution in [2.45, 2.75) is 6.92 Å². The lowest BCUT2D eigenvalue weighted by Crippen LogP contribution is -2.04. The number of aromatic nitrogens is 4. The molecule has 3 aromatic heterocycles. The van der Waals surface area contributed by atoms with Gasteiger partial charge >= 0.3 is 0 Å². The number of rotatable bonds is 2. The van der Waals surface area contributed by atoms with Gasteiger partial charge in [0.05, 0.1) is 11.4 Å². The number of hydrogen-bond donors (Lipinski definition) is 1. The second kappa shape index (κ2) is 5.42. The molecule has 24 heavy (non-hydrogen) atoms. The van der Waals surface area contributed by atoms with Gasteiger partial charge in [-0.2, -0.15) is 0 Å². The fourth-order valence-corrected chi connectivity index (χ4v) is 2.82. The van der Waals surface area contributed by atoms with Crippen LogP contribution in [0.2, 0.25) is 0 Å². The van der Waals surface area contributed by atoms with Crippen LogP contribution in [0.15, 0.2) is 55.0 Å². The van der Waals surface area contributed by atoms with Gasteiger partial charge in [0.25, 0.3) is 0 Å². The van der Waals surface area contributed by atoms with Crippen molar-refractivity contribution in [3.05, 3.63) is 66.5 Å². The lowest BCUT2D eigenvalue weighted by atomic mass is 10.0. The molecule has 4 aromatic rings. The Bertz CT molecular complexity index is 1050. The summed E-state index contributed by atoms with van der Waals surface area (Å²) in [5.74, 6) is -0.0238. The molecule has 4 rings (SSSR count). The average molecular weight is 319 g/mol. The highest BCUT2D eigenvalue weighted by atomic mass is 19.1. The van der Waals surface area contributed by atoms with Crippen molar-refractivity contribution in [3.8, 4) is 22.5 Å². The minimum absolute atomic E-state index is 0.300. The minimum Gasteiger partial charge on any atom is -0.381 e. The van der Waals surface area contributed by atoms with E-state index in [1.807, 2.05) is 35.7 Å². The van der Waals surface area contributed by atoms with E-state index < -0.39 is 0 Å². The number of fused-ring (bicyclic) bond motifs is 1. The largest absolute Gasteiger partial charge is 0.381 e. The monoisotopic (exact) mass is 319 g/mol. The van der Waals surface area contributed by atoms with E-state index >= 15 is 0 Å². The second-order valence-electron chi connectivity index (χ2n) is 5.51. The molecular weight excluding hydrogens is 305 g/mol. The van der Waals surface area contributed by atoms with Crippen LogP contribution in [0.5, 0.6) is 0 Å². The molecule has 0 spiro atoms. The molecule has 0 unspecified atom stereocenters. The summed E-state index contributed by atoms with van der Waals surface area (Å²) < 4.78 is 15.6. The predicted octanol–water partition coefficient (Wildman–Crippen LogP) is 3.49. The SMILES string of the molecule is Cc1cc(-c2c(-c3cccc(F)c3)nc(N)c3nccn23)ccn1. The van der Waals surface area contributed by atoms with Crippen LogP contribution in [0.4, 0.5) is 10.2 Å². The third-order valence-electron chi connectivity index (χ3n) is 3.84. The Labute approximate surface area is 137 Å². The van der Waals surface area contributed by atoms with E-state index in [9.17, 15) is 4.39 Å². The summed E-state index contributed by atoms with van der Waals surface area (Å²) in [6.07, 6.45) is 5.22. The molecule has 0 fully saturated rings. The van der Waals surface area contributed by atoms with E-state index in [-0.39, 0.29) is 5.82 Å². The van der Waals surface area contributed by atoms with Gasteiger partial charge in [-0.25, -0.2) is 14.4 Å². The zero-order valence-corrected chi connectivity index (χ0v) is 12.9. The number of anilines is 1. The number of nitrogens with two attached hydrogens (primary N) is 1. The highest BCUT2D eigenvalue weighted by Gasteiger charge is 2.17. The van der Waals surface area contributed by atoms with Crippen molar-refractivity contribution >= 4 is 11.5 Å². The molecule has 1 aromatic carbocycles. The van der Waals surface area contributed by atoms with Crippen molar-refractivity contribution in [1.82, 2.24) is 19.4 Å². The molecule has 0 saturated carbocycles. The lowest BCUT2D eigenvalue weighted by Gasteiger charge is -2.14. The molecule has 0 aliphatic carbocycles. The molecule has 0 atom stereocenters. The van der Waals surface area contributed by atoms with Crippen molar-refractivity contribution in [3.63, 3.8) is 0 Å². The number of hydrogen-bond acceptors (Lipinski definition) is 4. The Balaban J connectivity index is 2.11. The summed E-state index contributed by atoms with van der Waals surface area (Å²) in [6, 6.07) is 10.2. The van der Waals surface area contributed by atoms with E-state index in [4.69, 9.17) is 5.73 Å². The Hall–Kier alpha value is -3.28. The minimum atomic E-state index is -0.324. The summed E-state index contributed by atoms with van der Waals surface area (Å²) in [5.41, 5.74) is 10.5. The summed E-state index contributed by atoms with van der Waals surface area (Å²) in [6.45, 7) is 1.92. The number of pyridine rings is 1. The molecule has 5 nitrogen and oxygen atoms in total. The van der Waals surface area contributed by atoms with Gasteiger partial charge in [-0.05, 0) is 31.2 Å². The molecule has 0 aliphatic rings. The quantitative estimate of drug-likeness (QED) is 0.614. The first-order chi connectivity index (χ1) is 11.6. The highest BCUT2D eigenvalue weighted by molar-refractivity contribution is 5.83. The summed E-state index contributed by atoms with van der Waals surface area (Å²) in [5, 5.41) is 0. The first-order valence-electron chi connectivity index (χ1n) is 7.45. The fourth-order valence-electron chi connectivity index (χ4n) is 2.82. The maximum Gasteiger partial charge on any atom is 0.180 e. The maximum absolute atomic E-state index is 13.7. The molecule has 0 saturated heterocycles. The summed E-state index contributed by atoms with van der Waals surface area (Å²) in [7, 11) is 0. The third kappa shape index (κ3) is 2.28. The Morgan fingerprint density at radius 3 is 2.71 bits per heavy atom. The van der Waals surface area contributed by atoms with Crippen LogP contribution >= 0.6 is 0 Å². The first kappa shape index (κ1) is 14.3. The second-order valence-corrected chi connectivity index (χ2v) is 5.51. The van der Waals surface area contributed by atoms with Gasteiger partial charge in [0.15, 0.2) is 11.5 Å². The summed E-state index contributed by atoms with van der Waals surface area (Å²) in [4.78, 5) is 13.0. The van der Waals surface area contributed by atoms with Crippen molar-refractivity contribution in [2.75, 3.05) is 5.73 Å². The average Bonchev–Trinajstić information content (AvgIpc) is 3.05. The predicted molar refractivity (Wildman–Crippen MR) is 90.8 cm³/mol. The van der Waals surface area contributed by atoms with Crippen LogP contribution in [0.1, 0.15) is 5.69 Å². The fraction of sp³-hybridized carbons (Fsp3) is 0.0556. The van der Waals surface area contributed by atoms with E-state index in [2.05, 4.69) is 15.0 Å². The highest BCUT2D eigenvalue weighted by Crippen LogP contribution is 2.33. The standard InChI is InChI=1S/C18H14FN5/c1-11-9-13(5-6-21-11)16-15(12-3-2-4-14(19)10-12)23-17(20)18-22-7-8-24(16)18/h2-10H,1H3,(H2,20,23). The van der Waals surface area contributed by atoms with Gasteiger partial charge in [0.1, 0.15) is 5.82 Å². The van der Waals surface area contributed by atoms with Crippen LogP contribution in [-0.4, -0.2) is 19.4 Å². The number of benzene rings is 1. The van der Waals surface area contributed by atoms with Crippen LogP contribution < -0.4 is 5.73 Å². The summed E-state index contributed by atoms with van der Waals surface area (Å²) >= 11 is 0. The van der Waals surface area contributed by atoms with E-state index in [1.165, 1.54) is 12.1 Å². The van der Waals surface area contributed by atoms with E-state index in [0.29, 0.717) is 22.7 Å². The van der Waals surface area contributed by atoms with E-state index in [0.717, 1.165) is 17.0 Å². The number of aryl methyl sites for hydroxylation is 1. The van der Waals surface area contributed by atoms with Gasteiger partial charge < -0.3 is 5.73 Å². The van der Waals surface area contributed by atoms with Gasteiger partial charge in [0, 0.05) is 35.4 Å². The Morgan fingerprint density at radius 1 is 1.04 bits per heavy atom. The smallest absolute Gasteiger partial charge is 0.180 e. The van der Waals surface area contributed by atoms with Crippen molar-refractivity contribution < 1.29 is 4.39 Å². The van der Waals surface area contributed by atoms with Gasteiger partial charge in [-0.15, -0.1) is 0 Å². The van der Waals surface area contributed by atoms with E-state index in [1.54, 1.807) is 18.5 Å². The molecule has 3 heterocycles. The Kier molecular flexibility index (Phi) is 3.23. The zero-order valence-electron chi connectivity index (χ0n) is 12.9. The third-order valence-corrected chi connectivity index (χ3v) is 3.84. The van der Waals surface area contributed by atoms with Crippen molar-refractivity contribution in [2.24, 2.45) is 0 Å². The number of imidazole rings is 1. The number of halogens is 1. The molecular formula is C18H14FN5. The van der Waals surface area contributed by atoms with Gasteiger partial charge in [-0.1, -0.05) is 12.1 Å². The van der Waals surface area contributed by atoms with Gasteiger partial charge in [-0.3, -0.25) is 9.38 Å². The van der Waals surface area contributed by atoms with Crippen LogP contribution in [0.25, 0.3) is 28.2 Å². The molecule has 6 heteroatoms. The van der Waals surface area contributed by atoms with Crippen molar-refractivity contribution in [1.29, 1.82) is 0 Å². The zero-order chi connectivity index (χ0) is 16.7. The molecule has 118 valence electrons. The molecule has 0 amide bonds. The number of nitrogen functional groups attached to an aromatic ring is 1. The number of nitrogens with zero attached hydrogens (tertiary/aromatic N) is 4. The van der Waals surface area contributed by atoms with Crippen LogP contribution in [0.3, 0.4) is 0 Å². The van der Waals surface area contributed by atoms with Crippen LogP contribution in [-0.2, 0) is 0 Å². The lowest BCUT2D eigenvalue weighted by molar-refractivity contribution is 0.628. The van der Waals surface area contributed by atoms with Gasteiger partial charge in [0.2, 0.25) is 0 Å².